The first kappa shape index (κ1) is 17.5. The van der Waals surface area contributed by atoms with Crippen molar-refractivity contribution in [2.45, 2.75) is 20.0 Å². The molecule has 5 heteroatoms. The first-order valence-corrected chi connectivity index (χ1v) is 8.57. The molecule has 0 aliphatic carbocycles. The summed E-state index contributed by atoms with van der Waals surface area (Å²) < 4.78 is 7.09. The van der Waals surface area contributed by atoms with E-state index in [9.17, 15) is 0 Å². The van der Waals surface area contributed by atoms with Crippen molar-refractivity contribution in [2.75, 3.05) is 14.2 Å². The molecule has 0 saturated heterocycles. The third-order valence-corrected chi connectivity index (χ3v) is 4.53. The van der Waals surface area contributed by atoms with Crippen LogP contribution in [0.15, 0.2) is 54.6 Å². The van der Waals surface area contributed by atoms with Crippen LogP contribution in [0, 0.1) is 6.92 Å². The average molecular weight is 356 g/mol. The number of rotatable bonds is 6. The largest absolute Gasteiger partial charge is 0.497 e. The molecule has 0 spiro atoms. The molecule has 25 heavy (non-hydrogen) atoms. The van der Waals surface area contributed by atoms with Crippen molar-refractivity contribution in [3.63, 3.8) is 0 Å². The Kier molecular flexibility index (Phi) is 5.41. The number of hydrogen-bond acceptors (Lipinski definition) is 3. The van der Waals surface area contributed by atoms with Crippen LogP contribution in [0.1, 0.15) is 16.8 Å². The summed E-state index contributed by atoms with van der Waals surface area (Å²) in [4.78, 5) is 2.22. The number of ether oxygens (including phenoxy) is 1. The van der Waals surface area contributed by atoms with Crippen LogP contribution in [0.3, 0.4) is 0 Å². The molecule has 0 saturated carbocycles. The highest BCUT2D eigenvalue weighted by molar-refractivity contribution is 6.30. The SMILES string of the molecule is COc1cccc(CN(C)Cc2c(C)nn(-c3ccccc3)c2Cl)c1. The Hall–Kier alpha value is -2.30. The van der Waals surface area contributed by atoms with Gasteiger partial charge in [0, 0.05) is 18.7 Å². The fourth-order valence-electron chi connectivity index (χ4n) is 2.86. The fraction of sp³-hybridized carbons (Fsp3) is 0.250. The van der Waals surface area contributed by atoms with Gasteiger partial charge in [0.2, 0.25) is 0 Å². The molecule has 3 rings (SSSR count). The summed E-state index contributed by atoms with van der Waals surface area (Å²) >= 11 is 6.61. The Balaban J connectivity index is 1.77. The molecule has 0 N–H and O–H groups in total. The minimum atomic E-state index is 0.668. The maximum atomic E-state index is 6.61. The van der Waals surface area contributed by atoms with Crippen LogP contribution < -0.4 is 4.74 Å². The topological polar surface area (TPSA) is 30.3 Å². The van der Waals surface area contributed by atoms with Crippen molar-refractivity contribution in [2.24, 2.45) is 0 Å². The summed E-state index contributed by atoms with van der Waals surface area (Å²) in [7, 11) is 3.76. The minimum Gasteiger partial charge on any atom is -0.497 e. The summed E-state index contributed by atoms with van der Waals surface area (Å²) in [6, 6.07) is 18.1. The molecule has 4 nitrogen and oxygen atoms in total. The lowest BCUT2D eigenvalue weighted by Gasteiger charge is -2.17. The Morgan fingerprint density at radius 2 is 1.84 bits per heavy atom. The van der Waals surface area contributed by atoms with Gasteiger partial charge in [0.15, 0.2) is 0 Å². The van der Waals surface area contributed by atoms with E-state index in [4.69, 9.17) is 16.3 Å². The van der Waals surface area contributed by atoms with Gasteiger partial charge in [0.25, 0.3) is 0 Å². The highest BCUT2D eigenvalue weighted by Crippen LogP contribution is 2.25. The maximum Gasteiger partial charge on any atom is 0.137 e. The second-order valence-corrected chi connectivity index (χ2v) is 6.48. The van der Waals surface area contributed by atoms with Gasteiger partial charge in [-0.2, -0.15) is 5.10 Å². The first-order valence-electron chi connectivity index (χ1n) is 8.19. The smallest absolute Gasteiger partial charge is 0.137 e. The van der Waals surface area contributed by atoms with Gasteiger partial charge in [0.1, 0.15) is 10.9 Å². The van der Waals surface area contributed by atoms with Crippen molar-refractivity contribution in [3.05, 3.63) is 76.6 Å². The van der Waals surface area contributed by atoms with Crippen LogP contribution in [0.5, 0.6) is 5.75 Å². The van der Waals surface area contributed by atoms with Crippen LogP contribution in [0.4, 0.5) is 0 Å². The van der Waals surface area contributed by atoms with Crippen molar-refractivity contribution in [1.29, 1.82) is 0 Å². The van der Waals surface area contributed by atoms with Gasteiger partial charge in [-0.25, -0.2) is 4.68 Å². The van der Waals surface area contributed by atoms with E-state index in [1.165, 1.54) is 5.56 Å². The lowest BCUT2D eigenvalue weighted by atomic mass is 10.2. The zero-order valence-electron chi connectivity index (χ0n) is 14.7. The summed E-state index contributed by atoms with van der Waals surface area (Å²) in [6.07, 6.45) is 0. The third-order valence-electron chi connectivity index (χ3n) is 4.14. The zero-order chi connectivity index (χ0) is 17.8. The van der Waals surface area contributed by atoms with E-state index in [0.29, 0.717) is 5.15 Å². The van der Waals surface area contributed by atoms with Crippen LogP contribution in [-0.4, -0.2) is 28.8 Å². The highest BCUT2D eigenvalue weighted by Gasteiger charge is 2.16. The molecular formula is C20H22ClN3O. The predicted molar refractivity (Wildman–Crippen MR) is 101 cm³/mol. The minimum absolute atomic E-state index is 0.668. The molecule has 0 fully saturated rings. The van der Waals surface area contributed by atoms with Crippen molar-refractivity contribution >= 4 is 11.6 Å². The molecule has 1 heterocycles. The van der Waals surface area contributed by atoms with Crippen molar-refractivity contribution in [3.8, 4) is 11.4 Å². The number of halogens is 1. The standard InChI is InChI=1S/C20H22ClN3O/c1-15-19(20(21)24(22-15)17-9-5-4-6-10-17)14-23(2)13-16-8-7-11-18(12-16)25-3/h4-12H,13-14H2,1-3H3. The number of methoxy groups -OCH3 is 1. The molecule has 130 valence electrons. The molecule has 0 aliphatic heterocycles. The monoisotopic (exact) mass is 355 g/mol. The molecule has 3 aromatic rings. The number of hydrogen-bond donors (Lipinski definition) is 0. The van der Waals surface area contributed by atoms with E-state index in [1.807, 2.05) is 49.4 Å². The Labute approximate surface area is 153 Å². The average Bonchev–Trinajstić information content (AvgIpc) is 2.91. The molecule has 1 aromatic heterocycles. The van der Waals surface area contributed by atoms with Crippen molar-refractivity contribution in [1.82, 2.24) is 14.7 Å². The second kappa shape index (κ2) is 7.72. The molecule has 2 aromatic carbocycles. The van der Waals surface area contributed by atoms with Gasteiger partial charge >= 0.3 is 0 Å². The van der Waals surface area contributed by atoms with Gasteiger partial charge in [-0.05, 0) is 43.8 Å². The van der Waals surface area contributed by atoms with Gasteiger partial charge in [-0.1, -0.05) is 41.9 Å². The van der Waals surface area contributed by atoms with E-state index in [2.05, 4.69) is 29.2 Å². The molecule has 0 unspecified atom stereocenters. The fourth-order valence-corrected chi connectivity index (χ4v) is 3.19. The number of nitrogens with zero attached hydrogens (tertiary/aromatic N) is 3. The third kappa shape index (κ3) is 4.03. The summed E-state index contributed by atoms with van der Waals surface area (Å²) in [6.45, 7) is 3.54. The molecular weight excluding hydrogens is 334 g/mol. The normalized spacial score (nSPS) is 11.1. The quantitative estimate of drug-likeness (QED) is 0.653. The van der Waals surface area contributed by atoms with Crippen LogP contribution in [-0.2, 0) is 13.1 Å². The Bertz CT molecular complexity index is 845. The molecule has 0 atom stereocenters. The Morgan fingerprint density at radius 3 is 2.56 bits per heavy atom. The highest BCUT2D eigenvalue weighted by atomic mass is 35.5. The van der Waals surface area contributed by atoms with Gasteiger partial charge in [-0.15, -0.1) is 0 Å². The maximum absolute atomic E-state index is 6.61. The summed E-state index contributed by atoms with van der Waals surface area (Å²) in [5, 5.41) is 5.27. The number of aryl methyl sites for hydroxylation is 1. The van der Waals surface area contributed by atoms with E-state index in [1.54, 1.807) is 11.8 Å². The number of aromatic nitrogens is 2. The van der Waals surface area contributed by atoms with Gasteiger partial charge < -0.3 is 4.74 Å². The first-order chi connectivity index (χ1) is 12.1. The zero-order valence-corrected chi connectivity index (χ0v) is 15.5. The molecule has 0 bridgehead atoms. The lowest BCUT2D eigenvalue weighted by Crippen LogP contribution is -2.17. The second-order valence-electron chi connectivity index (χ2n) is 6.13. The van der Waals surface area contributed by atoms with Crippen LogP contribution in [0.2, 0.25) is 5.15 Å². The summed E-state index contributed by atoms with van der Waals surface area (Å²) in [5.74, 6) is 0.872. The number of para-hydroxylation sites is 1. The van der Waals surface area contributed by atoms with Gasteiger partial charge in [-0.3, -0.25) is 4.90 Å². The van der Waals surface area contributed by atoms with E-state index < -0.39 is 0 Å². The van der Waals surface area contributed by atoms with Crippen LogP contribution in [0.25, 0.3) is 5.69 Å². The Morgan fingerprint density at radius 1 is 1.08 bits per heavy atom. The van der Waals surface area contributed by atoms with Gasteiger partial charge in [0.05, 0.1) is 18.5 Å². The summed E-state index contributed by atoms with van der Waals surface area (Å²) in [5.41, 5.74) is 4.17. The predicted octanol–water partition coefficient (Wildman–Crippen LogP) is 4.47. The molecule has 0 radical (unpaired) electrons. The van der Waals surface area contributed by atoms with Crippen LogP contribution >= 0.6 is 11.6 Å². The lowest BCUT2D eigenvalue weighted by molar-refractivity contribution is 0.317. The van der Waals surface area contributed by atoms with E-state index in [-0.39, 0.29) is 0 Å². The number of benzene rings is 2. The molecule has 0 aliphatic rings. The van der Waals surface area contributed by atoms with E-state index >= 15 is 0 Å². The van der Waals surface area contributed by atoms with E-state index in [0.717, 1.165) is 35.8 Å². The molecule has 0 amide bonds. The van der Waals surface area contributed by atoms with Crippen molar-refractivity contribution < 1.29 is 4.74 Å².